The predicted octanol–water partition coefficient (Wildman–Crippen LogP) is 2.24. The lowest BCUT2D eigenvalue weighted by Crippen LogP contribution is -2.15. The number of hydrogen-bond donors (Lipinski definition) is 1. The average molecular weight is 288 g/mol. The van der Waals surface area contributed by atoms with Crippen molar-refractivity contribution in [2.45, 2.75) is 32.4 Å². The van der Waals surface area contributed by atoms with E-state index < -0.39 is 0 Å². The maximum atomic E-state index is 5.37. The van der Waals surface area contributed by atoms with Crippen LogP contribution in [0.5, 0.6) is 11.5 Å². The van der Waals surface area contributed by atoms with Crippen LogP contribution in [0.4, 0.5) is 5.69 Å². The molecule has 6 heteroatoms. The highest BCUT2D eigenvalue weighted by Gasteiger charge is 2.15. The van der Waals surface area contributed by atoms with Crippen LogP contribution in [0.15, 0.2) is 18.2 Å². The Balaban J connectivity index is 1.77. The summed E-state index contributed by atoms with van der Waals surface area (Å²) >= 11 is 0. The molecule has 3 rings (SSSR count). The molecule has 2 heterocycles. The molecule has 1 aromatic carbocycles. The van der Waals surface area contributed by atoms with Crippen LogP contribution in [0.25, 0.3) is 0 Å². The van der Waals surface area contributed by atoms with Gasteiger partial charge in [-0.25, -0.2) is 0 Å². The molecule has 6 nitrogen and oxygen atoms in total. The Morgan fingerprint density at radius 1 is 1.19 bits per heavy atom. The molecule has 0 unspecified atom stereocenters. The first-order chi connectivity index (χ1) is 10.3. The van der Waals surface area contributed by atoms with Crippen molar-refractivity contribution in [3.8, 4) is 11.5 Å². The molecule has 1 aromatic heterocycles. The molecule has 0 bridgehead atoms. The quantitative estimate of drug-likeness (QED) is 0.914. The summed E-state index contributed by atoms with van der Waals surface area (Å²) in [6, 6.07) is 5.69. The number of hydrogen-bond acceptors (Lipinski definition) is 5. The van der Waals surface area contributed by atoms with Gasteiger partial charge in [0.15, 0.2) is 5.82 Å². The number of aryl methyl sites for hydroxylation is 1. The first kappa shape index (κ1) is 13.7. The number of rotatable bonds is 5. The summed E-state index contributed by atoms with van der Waals surface area (Å²) < 4.78 is 12.8. The fourth-order valence-electron chi connectivity index (χ4n) is 2.63. The summed E-state index contributed by atoms with van der Waals surface area (Å²) in [6.07, 6.45) is 3.42. The predicted molar refractivity (Wildman–Crippen MR) is 79.8 cm³/mol. The lowest BCUT2D eigenvalue weighted by molar-refractivity contribution is 0.404. The van der Waals surface area contributed by atoms with E-state index >= 15 is 0 Å². The number of ether oxygens (including phenoxy) is 2. The molecule has 0 fully saturated rings. The normalized spacial score (nSPS) is 13.6. The van der Waals surface area contributed by atoms with Crippen molar-refractivity contribution in [1.29, 1.82) is 0 Å². The summed E-state index contributed by atoms with van der Waals surface area (Å²) in [6.45, 7) is 1.63. The summed E-state index contributed by atoms with van der Waals surface area (Å²) in [5.74, 6) is 3.64. The summed E-state index contributed by atoms with van der Waals surface area (Å²) in [5, 5.41) is 11.9. The summed E-state index contributed by atoms with van der Waals surface area (Å²) in [5.41, 5.74) is 0.894. The van der Waals surface area contributed by atoms with Gasteiger partial charge in [-0.15, -0.1) is 10.2 Å². The average Bonchev–Trinajstić information content (AvgIpc) is 2.96. The molecule has 1 aliphatic heterocycles. The van der Waals surface area contributed by atoms with E-state index in [0.29, 0.717) is 6.54 Å². The molecule has 0 amide bonds. The Hall–Kier alpha value is -2.24. The van der Waals surface area contributed by atoms with E-state index in [9.17, 15) is 0 Å². The maximum Gasteiger partial charge on any atom is 0.152 e. The second kappa shape index (κ2) is 6.03. The number of methoxy groups -OCH3 is 2. The zero-order valence-electron chi connectivity index (χ0n) is 12.4. The third kappa shape index (κ3) is 2.79. The molecular weight excluding hydrogens is 268 g/mol. The van der Waals surface area contributed by atoms with Crippen LogP contribution < -0.4 is 14.8 Å². The second-order valence-electron chi connectivity index (χ2n) is 5.06. The van der Waals surface area contributed by atoms with Gasteiger partial charge in [0, 0.05) is 19.0 Å². The highest BCUT2D eigenvalue weighted by molar-refractivity contribution is 5.59. The van der Waals surface area contributed by atoms with Crippen molar-refractivity contribution in [2.24, 2.45) is 0 Å². The minimum atomic E-state index is 0.622. The van der Waals surface area contributed by atoms with Gasteiger partial charge in [0.05, 0.1) is 26.5 Å². The summed E-state index contributed by atoms with van der Waals surface area (Å²) in [7, 11) is 3.31. The number of nitrogens with zero attached hydrogens (tertiary/aromatic N) is 3. The topological polar surface area (TPSA) is 61.2 Å². The number of nitrogens with one attached hydrogen (secondary N) is 1. The van der Waals surface area contributed by atoms with Crippen LogP contribution >= 0.6 is 0 Å². The van der Waals surface area contributed by atoms with E-state index in [4.69, 9.17) is 9.47 Å². The molecule has 0 saturated carbocycles. The van der Waals surface area contributed by atoms with Crippen LogP contribution in [-0.2, 0) is 19.5 Å². The molecule has 112 valence electrons. The number of aromatic nitrogens is 3. The molecule has 2 aromatic rings. The minimum Gasteiger partial charge on any atom is -0.497 e. The van der Waals surface area contributed by atoms with E-state index in [-0.39, 0.29) is 0 Å². The van der Waals surface area contributed by atoms with Crippen molar-refractivity contribution in [3.05, 3.63) is 29.8 Å². The lowest BCUT2D eigenvalue weighted by Gasteiger charge is -2.16. The molecule has 0 atom stereocenters. The molecule has 0 radical (unpaired) electrons. The SMILES string of the molecule is COc1ccc(OC)c(NCc2nnc3n2CCCC3)c1. The monoisotopic (exact) mass is 288 g/mol. The first-order valence-electron chi connectivity index (χ1n) is 7.18. The van der Waals surface area contributed by atoms with Crippen molar-refractivity contribution in [1.82, 2.24) is 14.8 Å². The standard InChI is InChI=1S/C15H20N4O2/c1-20-11-6-7-13(21-2)12(9-11)16-10-15-18-17-14-5-3-4-8-19(14)15/h6-7,9,16H,3-5,8,10H2,1-2H3. The third-order valence-electron chi connectivity index (χ3n) is 3.78. The summed E-state index contributed by atoms with van der Waals surface area (Å²) in [4.78, 5) is 0. The Morgan fingerprint density at radius 3 is 2.90 bits per heavy atom. The van der Waals surface area contributed by atoms with Crippen LogP contribution in [0.2, 0.25) is 0 Å². The molecule has 21 heavy (non-hydrogen) atoms. The lowest BCUT2D eigenvalue weighted by atomic mass is 10.2. The fraction of sp³-hybridized carbons (Fsp3) is 0.467. The van der Waals surface area contributed by atoms with Crippen molar-refractivity contribution >= 4 is 5.69 Å². The van der Waals surface area contributed by atoms with Crippen LogP contribution in [0.1, 0.15) is 24.5 Å². The van der Waals surface area contributed by atoms with Crippen molar-refractivity contribution in [3.63, 3.8) is 0 Å². The molecule has 0 aliphatic carbocycles. The minimum absolute atomic E-state index is 0.622. The fourth-order valence-corrected chi connectivity index (χ4v) is 2.63. The Bertz CT molecular complexity index is 624. The van der Waals surface area contributed by atoms with E-state index in [1.807, 2.05) is 18.2 Å². The van der Waals surface area contributed by atoms with Gasteiger partial charge in [0.2, 0.25) is 0 Å². The van der Waals surface area contributed by atoms with Gasteiger partial charge in [-0.05, 0) is 25.0 Å². The molecule has 0 spiro atoms. The Labute approximate surface area is 124 Å². The van der Waals surface area contributed by atoms with Gasteiger partial charge in [0.1, 0.15) is 17.3 Å². The van der Waals surface area contributed by atoms with Gasteiger partial charge < -0.3 is 19.4 Å². The van der Waals surface area contributed by atoms with E-state index in [0.717, 1.165) is 41.8 Å². The van der Waals surface area contributed by atoms with Crippen molar-refractivity contribution in [2.75, 3.05) is 19.5 Å². The van der Waals surface area contributed by atoms with E-state index in [1.165, 1.54) is 12.8 Å². The smallest absolute Gasteiger partial charge is 0.152 e. The largest absolute Gasteiger partial charge is 0.497 e. The van der Waals surface area contributed by atoms with Crippen LogP contribution in [0.3, 0.4) is 0 Å². The molecular formula is C15H20N4O2. The zero-order valence-corrected chi connectivity index (χ0v) is 12.4. The van der Waals surface area contributed by atoms with Crippen LogP contribution in [0, 0.1) is 0 Å². The highest BCUT2D eigenvalue weighted by atomic mass is 16.5. The van der Waals surface area contributed by atoms with Gasteiger partial charge in [-0.2, -0.15) is 0 Å². The zero-order chi connectivity index (χ0) is 14.7. The third-order valence-corrected chi connectivity index (χ3v) is 3.78. The van der Waals surface area contributed by atoms with Gasteiger partial charge >= 0.3 is 0 Å². The Morgan fingerprint density at radius 2 is 2.10 bits per heavy atom. The van der Waals surface area contributed by atoms with E-state index in [1.54, 1.807) is 14.2 Å². The van der Waals surface area contributed by atoms with E-state index in [2.05, 4.69) is 20.1 Å². The molecule has 0 saturated heterocycles. The highest BCUT2D eigenvalue weighted by Crippen LogP contribution is 2.29. The number of benzene rings is 1. The second-order valence-corrected chi connectivity index (χ2v) is 5.06. The number of anilines is 1. The first-order valence-corrected chi connectivity index (χ1v) is 7.18. The number of fused-ring (bicyclic) bond motifs is 1. The maximum absolute atomic E-state index is 5.37. The van der Waals surface area contributed by atoms with Crippen molar-refractivity contribution < 1.29 is 9.47 Å². The van der Waals surface area contributed by atoms with Gasteiger partial charge in [0.25, 0.3) is 0 Å². The van der Waals surface area contributed by atoms with Gasteiger partial charge in [-0.3, -0.25) is 0 Å². The molecule has 1 aliphatic rings. The molecule has 1 N–H and O–H groups in total. The van der Waals surface area contributed by atoms with Gasteiger partial charge in [-0.1, -0.05) is 0 Å². The van der Waals surface area contributed by atoms with Crippen LogP contribution in [-0.4, -0.2) is 29.0 Å². The Kier molecular flexibility index (Phi) is 3.94.